The Morgan fingerprint density at radius 1 is 0.906 bits per heavy atom. The van der Waals surface area contributed by atoms with Crippen LogP contribution in [0.1, 0.15) is 15.9 Å². The normalized spacial score (nSPS) is 10.4. The Bertz CT molecular complexity index is 1300. The van der Waals surface area contributed by atoms with Crippen molar-refractivity contribution in [3.63, 3.8) is 0 Å². The molecule has 9 heteroatoms. The first-order valence-corrected chi connectivity index (χ1v) is 9.69. The Kier molecular flexibility index (Phi) is 5.80. The summed E-state index contributed by atoms with van der Waals surface area (Å²) in [7, 11) is 1.44. The van der Waals surface area contributed by atoms with Gasteiger partial charge in [-0.3, -0.25) is 4.79 Å². The second-order valence-electron chi connectivity index (χ2n) is 6.73. The number of aromatic nitrogens is 2. The molecule has 0 spiro atoms. The summed E-state index contributed by atoms with van der Waals surface area (Å²) in [5.41, 5.74) is 2.78. The van der Waals surface area contributed by atoms with Crippen LogP contribution in [0.25, 0.3) is 11.0 Å². The van der Waals surface area contributed by atoms with Gasteiger partial charge in [0.2, 0.25) is 0 Å². The minimum atomic E-state index is -0.658. The monoisotopic (exact) mass is 429 g/mol. The molecular formula is C23H19N5O4. The number of carbonyl (C=O) groups excluding carboxylic acids is 3. The largest absolute Gasteiger partial charge is 0.414 e. The number of rotatable bonds is 5. The van der Waals surface area contributed by atoms with Crippen LogP contribution in [0.3, 0.4) is 0 Å². The highest BCUT2D eigenvalue weighted by Gasteiger charge is 2.17. The number of ketones is 1. The molecule has 0 bridgehead atoms. The lowest BCUT2D eigenvalue weighted by Gasteiger charge is -2.11. The number of nitrogens with zero attached hydrogens (tertiary/aromatic N) is 1. The number of anilines is 2. The number of nitrogens with one attached hydrogen (secondary N) is 4. The van der Waals surface area contributed by atoms with Crippen LogP contribution in [0.15, 0.2) is 72.8 Å². The number of carbonyl (C=O) groups is 3. The van der Waals surface area contributed by atoms with Crippen molar-refractivity contribution in [2.75, 3.05) is 17.7 Å². The number of para-hydroxylation sites is 2. The number of benzene rings is 3. The molecule has 0 saturated heterocycles. The molecule has 0 unspecified atom stereocenters. The molecule has 0 aliphatic rings. The van der Waals surface area contributed by atoms with Gasteiger partial charge >= 0.3 is 18.1 Å². The average Bonchev–Trinajstić information content (AvgIpc) is 3.20. The van der Waals surface area contributed by atoms with E-state index in [0.717, 1.165) is 0 Å². The fourth-order valence-electron chi connectivity index (χ4n) is 3.07. The summed E-state index contributed by atoms with van der Waals surface area (Å²) >= 11 is 0. The maximum absolute atomic E-state index is 13.2. The third-order valence-electron chi connectivity index (χ3n) is 4.57. The van der Waals surface area contributed by atoms with Crippen LogP contribution in [-0.4, -0.2) is 34.9 Å². The van der Waals surface area contributed by atoms with Crippen LogP contribution in [0.5, 0.6) is 6.01 Å². The molecule has 0 radical (unpaired) electrons. The molecule has 0 aliphatic carbocycles. The van der Waals surface area contributed by atoms with Crippen molar-refractivity contribution in [3.8, 4) is 6.01 Å². The summed E-state index contributed by atoms with van der Waals surface area (Å²) in [5.74, 6) is -0.286. The summed E-state index contributed by atoms with van der Waals surface area (Å²) in [5, 5.41) is 7.78. The predicted octanol–water partition coefficient (Wildman–Crippen LogP) is 4.16. The molecule has 0 aliphatic heterocycles. The Hall–Kier alpha value is -4.66. The summed E-state index contributed by atoms with van der Waals surface area (Å²) in [4.78, 5) is 44.0. The van der Waals surface area contributed by atoms with E-state index in [1.807, 2.05) is 18.2 Å². The van der Waals surface area contributed by atoms with Gasteiger partial charge in [-0.15, -0.1) is 0 Å². The van der Waals surface area contributed by atoms with Crippen LogP contribution < -0.4 is 20.7 Å². The van der Waals surface area contributed by atoms with Gasteiger partial charge < -0.3 is 25.7 Å². The molecule has 1 heterocycles. The highest BCUT2D eigenvalue weighted by molar-refractivity contribution is 6.15. The second-order valence-corrected chi connectivity index (χ2v) is 6.73. The van der Waals surface area contributed by atoms with Gasteiger partial charge in [-0.1, -0.05) is 30.3 Å². The minimum Gasteiger partial charge on any atom is -0.375 e. The average molecular weight is 429 g/mol. The van der Waals surface area contributed by atoms with E-state index in [4.69, 9.17) is 4.74 Å². The standard InChI is InChI=1S/C23H19N5O4/c1-24-23(31)32-22-27-18-12-11-14(13-19(18)28-22)20(29)16-9-5-6-10-17(16)26-21(30)25-15-7-3-2-4-8-15/h2-13H,1H3,(H,24,31)(H,27,28)(H2,25,26,30). The quantitative estimate of drug-likeness (QED) is 0.355. The first-order chi connectivity index (χ1) is 15.5. The number of hydrogen-bond acceptors (Lipinski definition) is 5. The van der Waals surface area contributed by atoms with Crippen LogP contribution in [0, 0.1) is 0 Å². The first-order valence-electron chi connectivity index (χ1n) is 9.69. The molecule has 0 fully saturated rings. The number of H-pyrrole nitrogens is 1. The molecule has 0 saturated carbocycles. The van der Waals surface area contributed by atoms with Crippen LogP contribution in [0.4, 0.5) is 21.0 Å². The first kappa shape index (κ1) is 20.6. The van der Waals surface area contributed by atoms with Gasteiger partial charge in [-0.2, -0.15) is 4.98 Å². The van der Waals surface area contributed by atoms with Gasteiger partial charge in [0.15, 0.2) is 5.78 Å². The Labute approximate surface area is 182 Å². The number of aromatic amines is 1. The maximum atomic E-state index is 13.2. The molecule has 4 N–H and O–H groups in total. The van der Waals surface area contributed by atoms with Crippen molar-refractivity contribution in [1.29, 1.82) is 0 Å². The van der Waals surface area contributed by atoms with Gasteiger partial charge in [0.25, 0.3) is 0 Å². The molecule has 160 valence electrons. The van der Waals surface area contributed by atoms with Crippen molar-refractivity contribution >= 4 is 40.3 Å². The Morgan fingerprint density at radius 3 is 2.44 bits per heavy atom. The fourth-order valence-corrected chi connectivity index (χ4v) is 3.07. The van der Waals surface area contributed by atoms with Crippen LogP contribution >= 0.6 is 0 Å². The topological polar surface area (TPSA) is 125 Å². The lowest BCUT2D eigenvalue weighted by atomic mass is 10.0. The molecule has 3 aromatic carbocycles. The molecule has 4 rings (SSSR count). The van der Waals surface area contributed by atoms with E-state index in [-0.39, 0.29) is 11.8 Å². The summed E-state index contributed by atoms with van der Waals surface area (Å²) in [6, 6.07) is 20.2. The van der Waals surface area contributed by atoms with Gasteiger partial charge in [0, 0.05) is 23.9 Å². The van der Waals surface area contributed by atoms with Crippen molar-refractivity contribution in [2.24, 2.45) is 0 Å². The number of imidazole rings is 1. The molecule has 4 aromatic rings. The molecule has 9 nitrogen and oxygen atoms in total. The SMILES string of the molecule is CNC(=O)Oc1nc2ccc(C(=O)c3ccccc3NC(=O)Nc3ccccc3)cc2[nH]1. The molecule has 3 amide bonds. The predicted molar refractivity (Wildman–Crippen MR) is 120 cm³/mol. The number of amides is 3. The van der Waals surface area contributed by atoms with E-state index in [0.29, 0.717) is 33.5 Å². The lowest BCUT2D eigenvalue weighted by Crippen LogP contribution is -2.22. The van der Waals surface area contributed by atoms with E-state index >= 15 is 0 Å². The highest BCUT2D eigenvalue weighted by atomic mass is 16.6. The smallest absolute Gasteiger partial charge is 0.375 e. The summed E-state index contributed by atoms with van der Waals surface area (Å²) in [6.45, 7) is 0. The van der Waals surface area contributed by atoms with Crippen LogP contribution in [-0.2, 0) is 0 Å². The molecular weight excluding hydrogens is 410 g/mol. The number of hydrogen-bond donors (Lipinski definition) is 4. The second kappa shape index (κ2) is 9.00. The van der Waals surface area contributed by atoms with E-state index < -0.39 is 12.1 Å². The third-order valence-corrected chi connectivity index (χ3v) is 4.57. The highest BCUT2D eigenvalue weighted by Crippen LogP contribution is 2.23. The minimum absolute atomic E-state index is 0.0172. The van der Waals surface area contributed by atoms with Gasteiger partial charge in [0.05, 0.1) is 16.7 Å². The zero-order valence-electron chi connectivity index (χ0n) is 17.0. The van der Waals surface area contributed by atoms with E-state index in [2.05, 4.69) is 25.9 Å². The lowest BCUT2D eigenvalue weighted by molar-refractivity contribution is 0.103. The summed E-state index contributed by atoms with van der Waals surface area (Å²) < 4.78 is 4.99. The molecule has 1 aromatic heterocycles. The van der Waals surface area contributed by atoms with Crippen molar-refractivity contribution < 1.29 is 19.1 Å². The van der Waals surface area contributed by atoms with Crippen LogP contribution in [0.2, 0.25) is 0 Å². The summed E-state index contributed by atoms with van der Waals surface area (Å²) in [6.07, 6.45) is -0.658. The molecule has 0 atom stereocenters. The van der Waals surface area contributed by atoms with Crippen molar-refractivity contribution in [1.82, 2.24) is 15.3 Å². The number of urea groups is 1. The van der Waals surface area contributed by atoms with E-state index in [9.17, 15) is 14.4 Å². The van der Waals surface area contributed by atoms with Crippen molar-refractivity contribution in [3.05, 3.63) is 83.9 Å². The third kappa shape index (κ3) is 4.57. The molecule has 32 heavy (non-hydrogen) atoms. The van der Waals surface area contributed by atoms with E-state index in [1.54, 1.807) is 54.6 Å². The Morgan fingerprint density at radius 2 is 1.66 bits per heavy atom. The van der Waals surface area contributed by atoms with E-state index in [1.165, 1.54) is 7.05 Å². The zero-order valence-corrected chi connectivity index (χ0v) is 17.0. The zero-order chi connectivity index (χ0) is 22.5. The van der Waals surface area contributed by atoms with Gasteiger partial charge in [-0.05, 0) is 42.5 Å². The van der Waals surface area contributed by atoms with Gasteiger partial charge in [-0.25, -0.2) is 9.59 Å². The van der Waals surface area contributed by atoms with Crippen molar-refractivity contribution in [2.45, 2.75) is 0 Å². The Balaban J connectivity index is 1.56. The fraction of sp³-hybridized carbons (Fsp3) is 0.0435. The number of fused-ring (bicyclic) bond motifs is 1. The van der Waals surface area contributed by atoms with Gasteiger partial charge in [0.1, 0.15) is 0 Å². The number of ether oxygens (including phenoxy) is 1. The maximum Gasteiger partial charge on any atom is 0.414 e.